The summed E-state index contributed by atoms with van der Waals surface area (Å²) >= 11 is 0. The van der Waals surface area contributed by atoms with Crippen LogP contribution < -0.4 is 4.18 Å². The molecule has 79 valence electrons. The minimum atomic E-state index is -4.70. The van der Waals surface area contributed by atoms with Crippen LogP contribution in [0.2, 0.25) is 0 Å². The maximum absolute atomic E-state index is 10.6. The van der Waals surface area contributed by atoms with Gasteiger partial charge in [0.1, 0.15) is 5.56 Å². The molecule has 6 nitrogen and oxygen atoms in total. The van der Waals surface area contributed by atoms with Gasteiger partial charge in [-0.1, -0.05) is 12.1 Å². The molecule has 2 N–H and O–H groups in total. The summed E-state index contributed by atoms with van der Waals surface area (Å²) in [5.41, 5.74) is -0.342. The molecule has 0 heterocycles. The summed E-state index contributed by atoms with van der Waals surface area (Å²) in [6, 6.07) is 5.06. The van der Waals surface area contributed by atoms with Gasteiger partial charge in [0.05, 0.1) is 0 Å². The van der Waals surface area contributed by atoms with Crippen molar-refractivity contribution in [3.05, 3.63) is 29.8 Å². The standard InChI is InChI=1S/C7H6O6S.Al/c8-7(9)5-3-1-2-4-6(5)13-14(10,11)12;/h1-4H,(H,8,9)(H,10,11,12);. The fraction of sp³-hybridized carbons (Fsp3) is 0. The highest BCUT2D eigenvalue weighted by atomic mass is 32.3. The largest absolute Gasteiger partial charge is 0.478 e. The van der Waals surface area contributed by atoms with E-state index in [9.17, 15) is 13.2 Å². The molecule has 0 aliphatic carbocycles. The Kier molecular flexibility index (Phi) is 4.77. The third-order valence-electron chi connectivity index (χ3n) is 1.31. The lowest BCUT2D eigenvalue weighted by Gasteiger charge is -2.03. The molecule has 0 saturated heterocycles. The van der Waals surface area contributed by atoms with E-state index in [1.165, 1.54) is 12.1 Å². The van der Waals surface area contributed by atoms with E-state index in [4.69, 9.17) is 9.66 Å². The Hall–Kier alpha value is -1.07. The van der Waals surface area contributed by atoms with Crippen molar-refractivity contribution in [1.29, 1.82) is 0 Å². The Balaban J connectivity index is 0.00000196. The highest BCUT2D eigenvalue weighted by molar-refractivity contribution is 7.81. The summed E-state index contributed by atoms with van der Waals surface area (Å²) in [5, 5.41) is 8.61. The molecule has 0 amide bonds. The molecule has 0 unspecified atom stereocenters. The number of para-hydroxylation sites is 1. The molecule has 3 radical (unpaired) electrons. The highest BCUT2D eigenvalue weighted by Crippen LogP contribution is 2.18. The molecule has 0 bridgehead atoms. The monoisotopic (exact) mass is 245 g/mol. The van der Waals surface area contributed by atoms with Crippen LogP contribution >= 0.6 is 0 Å². The van der Waals surface area contributed by atoms with Crippen LogP contribution in [-0.2, 0) is 10.4 Å². The van der Waals surface area contributed by atoms with Gasteiger partial charge in [-0.3, -0.25) is 4.55 Å². The molecule has 1 rings (SSSR count). The molecule has 15 heavy (non-hydrogen) atoms. The number of carboxylic acid groups (broad SMARTS) is 1. The van der Waals surface area contributed by atoms with Gasteiger partial charge < -0.3 is 9.29 Å². The number of carbonyl (C=O) groups is 1. The Bertz CT molecular complexity index is 454. The van der Waals surface area contributed by atoms with Gasteiger partial charge in [0.15, 0.2) is 5.75 Å². The third kappa shape index (κ3) is 4.31. The second kappa shape index (κ2) is 5.14. The molecule has 0 atom stereocenters. The number of aromatic carboxylic acids is 1. The molecular formula is C7H6AlO6S. The lowest BCUT2D eigenvalue weighted by molar-refractivity contribution is 0.0695. The molecule has 0 spiro atoms. The van der Waals surface area contributed by atoms with Crippen molar-refractivity contribution in [1.82, 2.24) is 0 Å². The minimum Gasteiger partial charge on any atom is -0.478 e. The van der Waals surface area contributed by atoms with Crippen LogP contribution in [0.3, 0.4) is 0 Å². The zero-order valence-electron chi connectivity index (χ0n) is 7.32. The lowest BCUT2D eigenvalue weighted by Crippen LogP contribution is -2.10. The lowest BCUT2D eigenvalue weighted by atomic mass is 10.2. The topological polar surface area (TPSA) is 101 Å². The predicted molar refractivity (Wildman–Crippen MR) is 51.3 cm³/mol. The quantitative estimate of drug-likeness (QED) is 0.582. The molecule has 1 aromatic carbocycles. The maximum atomic E-state index is 10.6. The van der Waals surface area contributed by atoms with Crippen molar-refractivity contribution in [2.45, 2.75) is 0 Å². The third-order valence-corrected chi connectivity index (χ3v) is 1.70. The predicted octanol–water partition coefficient (Wildman–Crippen LogP) is 0.186. The van der Waals surface area contributed by atoms with E-state index in [1.54, 1.807) is 0 Å². The first kappa shape index (κ1) is 13.9. The van der Waals surface area contributed by atoms with Gasteiger partial charge in [0, 0.05) is 17.4 Å². The highest BCUT2D eigenvalue weighted by Gasteiger charge is 2.15. The second-order valence-corrected chi connectivity index (χ2v) is 3.33. The van der Waals surface area contributed by atoms with Gasteiger partial charge in [-0.05, 0) is 12.1 Å². The van der Waals surface area contributed by atoms with Crippen molar-refractivity contribution in [3.63, 3.8) is 0 Å². The fourth-order valence-corrected chi connectivity index (χ4v) is 1.20. The molecule has 0 fully saturated rings. The van der Waals surface area contributed by atoms with Gasteiger partial charge in [-0.15, -0.1) is 0 Å². The summed E-state index contributed by atoms with van der Waals surface area (Å²) in [6.07, 6.45) is 0. The molecule has 8 heteroatoms. The fourth-order valence-electron chi connectivity index (χ4n) is 0.829. The van der Waals surface area contributed by atoms with Crippen LogP contribution in [0.1, 0.15) is 10.4 Å². The van der Waals surface area contributed by atoms with Gasteiger partial charge in [-0.2, -0.15) is 8.42 Å². The Morgan fingerprint density at radius 3 is 2.27 bits per heavy atom. The van der Waals surface area contributed by atoms with Crippen molar-refractivity contribution in [2.75, 3.05) is 0 Å². The number of hydrogen-bond donors (Lipinski definition) is 2. The average Bonchev–Trinajstić information content (AvgIpc) is 2.01. The zero-order valence-corrected chi connectivity index (χ0v) is 9.29. The van der Waals surface area contributed by atoms with Crippen molar-refractivity contribution < 1.29 is 27.1 Å². The first-order valence-electron chi connectivity index (χ1n) is 3.39. The van der Waals surface area contributed by atoms with Crippen LogP contribution in [0.4, 0.5) is 0 Å². The van der Waals surface area contributed by atoms with Crippen LogP contribution in [0.15, 0.2) is 24.3 Å². The summed E-state index contributed by atoms with van der Waals surface area (Å²) in [6.45, 7) is 0. The molecular weight excluding hydrogens is 239 g/mol. The number of benzene rings is 1. The number of rotatable bonds is 3. The maximum Gasteiger partial charge on any atom is 0.446 e. The van der Waals surface area contributed by atoms with Gasteiger partial charge in [-0.25, -0.2) is 4.79 Å². The number of hydrogen-bond acceptors (Lipinski definition) is 4. The van der Waals surface area contributed by atoms with Crippen LogP contribution in [-0.4, -0.2) is 41.4 Å². The van der Waals surface area contributed by atoms with E-state index >= 15 is 0 Å². The second-order valence-electron chi connectivity index (χ2n) is 2.31. The van der Waals surface area contributed by atoms with Crippen LogP contribution in [0.5, 0.6) is 5.75 Å². The Morgan fingerprint density at radius 1 is 1.27 bits per heavy atom. The first-order valence-corrected chi connectivity index (χ1v) is 4.76. The SMILES string of the molecule is O=C(O)c1ccccc1OS(=O)(=O)O.[Al]. The van der Waals surface area contributed by atoms with E-state index in [0.717, 1.165) is 12.1 Å². The summed E-state index contributed by atoms with van der Waals surface area (Å²) < 4.78 is 33.0. The van der Waals surface area contributed by atoms with Gasteiger partial charge in [0.2, 0.25) is 0 Å². The molecule has 0 aliphatic heterocycles. The Labute approximate surface area is 96.6 Å². The van der Waals surface area contributed by atoms with E-state index in [1.807, 2.05) is 0 Å². The summed E-state index contributed by atoms with van der Waals surface area (Å²) in [4.78, 5) is 10.6. The zero-order chi connectivity index (χ0) is 10.8. The summed E-state index contributed by atoms with van der Waals surface area (Å²) in [5.74, 6) is -1.77. The number of carboxylic acids is 1. The molecule has 0 saturated carbocycles. The molecule has 0 aliphatic rings. The average molecular weight is 245 g/mol. The Morgan fingerprint density at radius 2 is 1.80 bits per heavy atom. The van der Waals surface area contributed by atoms with Crippen LogP contribution in [0, 0.1) is 0 Å². The van der Waals surface area contributed by atoms with Crippen molar-refractivity contribution in [3.8, 4) is 5.75 Å². The smallest absolute Gasteiger partial charge is 0.446 e. The van der Waals surface area contributed by atoms with Crippen molar-refractivity contribution in [2.24, 2.45) is 0 Å². The van der Waals surface area contributed by atoms with Gasteiger partial charge in [0.25, 0.3) is 0 Å². The van der Waals surface area contributed by atoms with E-state index < -0.39 is 22.1 Å². The summed E-state index contributed by atoms with van der Waals surface area (Å²) in [7, 11) is -4.70. The van der Waals surface area contributed by atoms with E-state index in [-0.39, 0.29) is 22.9 Å². The van der Waals surface area contributed by atoms with Crippen molar-refractivity contribution >= 4 is 33.7 Å². The first-order chi connectivity index (χ1) is 6.40. The van der Waals surface area contributed by atoms with E-state index in [2.05, 4.69) is 4.18 Å². The van der Waals surface area contributed by atoms with Gasteiger partial charge >= 0.3 is 16.4 Å². The molecule has 1 aromatic rings. The van der Waals surface area contributed by atoms with Crippen LogP contribution in [0.25, 0.3) is 0 Å². The normalized spacial score (nSPS) is 10.2. The molecule has 0 aromatic heterocycles. The van der Waals surface area contributed by atoms with E-state index in [0.29, 0.717) is 0 Å². The minimum absolute atomic E-state index is 0.